The molecule has 0 amide bonds. The van der Waals surface area contributed by atoms with Gasteiger partial charge in [0.2, 0.25) is 11.8 Å². The van der Waals surface area contributed by atoms with Crippen LogP contribution < -0.4 is 5.32 Å². The molecule has 1 fully saturated rings. The lowest BCUT2D eigenvalue weighted by atomic mass is 10.2. The Morgan fingerprint density at radius 2 is 2.25 bits per heavy atom. The Hall–Kier alpha value is -1.24. The quantitative estimate of drug-likeness (QED) is 0.931. The highest BCUT2D eigenvalue weighted by atomic mass is 79.9. The van der Waals surface area contributed by atoms with Gasteiger partial charge < -0.3 is 9.73 Å². The molecule has 2 heterocycles. The van der Waals surface area contributed by atoms with Crippen LogP contribution in [-0.4, -0.2) is 40.8 Å². The lowest BCUT2D eigenvalue weighted by Gasteiger charge is -2.32. The standard InChI is InChI=1S/C14H17BrN4O/c1-10-8-16-6-7-19(10)9-13-17-18-14(20-13)11-4-2-3-5-12(11)15/h2-5,10,16H,6-9H2,1H3/t10-/m1/s1. The average molecular weight is 337 g/mol. The Morgan fingerprint density at radius 1 is 1.40 bits per heavy atom. The monoisotopic (exact) mass is 336 g/mol. The lowest BCUT2D eigenvalue weighted by molar-refractivity contribution is 0.151. The van der Waals surface area contributed by atoms with E-state index in [1.807, 2.05) is 24.3 Å². The zero-order valence-electron chi connectivity index (χ0n) is 11.3. The van der Waals surface area contributed by atoms with Crippen molar-refractivity contribution < 1.29 is 4.42 Å². The summed E-state index contributed by atoms with van der Waals surface area (Å²) >= 11 is 3.50. The molecule has 1 aromatic heterocycles. The highest BCUT2D eigenvalue weighted by Gasteiger charge is 2.20. The molecule has 0 saturated carbocycles. The molecule has 0 bridgehead atoms. The first-order valence-corrected chi connectivity index (χ1v) is 7.55. The molecule has 6 heteroatoms. The summed E-state index contributed by atoms with van der Waals surface area (Å²) in [5.74, 6) is 1.24. The van der Waals surface area contributed by atoms with Gasteiger partial charge in [0, 0.05) is 30.1 Å². The minimum atomic E-state index is 0.488. The first kappa shape index (κ1) is 13.7. The molecule has 3 rings (SSSR count). The van der Waals surface area contributed by atoms with Crippen molar-refractivity contribution in [3.63, 3.8) is 0 Å². The predicted molar refractivity (Wildman–Crippen MR) is 80.2 cm³/mol. The second kappa shape index (κ2) is 6.03. The molecule has 1 saturated heterocycles. The third-order valence-corrected chi connectivity index (χ3v) is 4.24. The topological polar surface area (TPSA) is 54.2 Å². The van der Waals surface area contributed by atoms with Crippen LogP contribution in [0.5, 0.6) is 0 Å². The molecular formula is C14H17BrN4O. The molecule has 0 aliphatic carbocycles. The number of hydrogen-bond acceptors (Lipinski definition) is 5. The predicted octanol–water partition coefficient (Wildman–Crippen LogP) is 2.29. The Bertz CT molecular complexity index is 586. The molecule has 20 heavy (non-hydrogen) atoms. The zero-order chi connectivity index (χ0) is 13.9. The third kappa shape index (κ3) is 2.92. The molecule has 106 valence electrons. The van der Waals surface area contributed by atoms with Crippen molar-refractivity contribution in [2.75, 3.05) is 19.6 Å². The Labute approximate surface area is 126 Å². The minimum Gasteiger partial charge on any atom is -0.419 e. The Kier molecular flexibility index (Phi) is 4.14. The van der Waals surface area contributed by atoms with Crippen LogP contribution in [0.2, 0.25) is 0 Å². The van der Waals surface area contributed by atoms with E-state index in [0.717, 1.165) is 29.7 Å². The summed E-state index contributed by atoms with van der Waals surface area (Å²) in [5, 5.41) is 11.7. The number of aromatic nitrogens is 2. The van der Waals surface area contributed by atoms with Crippen molar-refractivity contribution in [3.05, 3.63) is 34.6 Å². The van der Waals surface area contributed by atoms with Gasteiger partial charge >= 0.3 is 0 Å². The first-order chi connectivity index (χ1) is 9.74. The molecule has 1 N–H and O–H groups in total. The van der Waals surface area contributed by atoms with E-state index < -0.39 is 0 Å². The van der Waals surface area contributed by atoms with E-state index in [-0.39, 0.29) is 0 Å². The Balaban J connectivity index is 1.75. The minimum absolute atomic E-state index is 0.488. The van der Waals surface area contributed by atoms with Crippen molar-refractivity contribution in [3.8, 4) is 11.5 Å². The number of nitrogens with zero attached hydrogens (tertiary/aromatic N) is 3. The fourth-order valence-corrected chi connectivity index (χ4v) is 2.81. The van der Waals surface area contributed by atoms with Gasteiger partial charge in [-0.3, -0.25) is 4.90 Å². The third-order valence-electron chi connectivity index (χ3n) is 3.55. The van der Waals surface area contributed by atoms with E-state index in [1.165, 1.54) is 0 Å². The summed E-state index contributed by atoms with van der Waals surface area (Å²) in [5.41, 5.74) is 0.930. The summed E-state index contributed by atoms with van der Waals surface area (Å²) in [6.45, 7) is 5.94. The molecule has 5 nitrogen and oxygen atoms in total. The van der Waals surface area contributed by atoms with Gasteiger partial charge in [0.1, 0.15) is 0 Å². The van der Waals surface area contributed by atoms with Crippen LogP contribution in [0.15, 0.2) is 33.2 Å². The van der Waals surface area contributed by atoms with Crippen LogP contribution in [0.4, 0.5) is 0 Å². The van der Waals surface area contributed by atoms with Gasteiger partial charge in [0.15, 0.2) is 0 Å². The van der Waals surface area contributed by atoms with E-state index >= 15 is 0 Å². The van der Waals surface area contributed by atoms with Crippen LogP contribution in [0, 0.1) is 0 Å². The van der Waals surface area contributed by atoms with Gasteiger partial charge in [0.25, 0.3) is 0 Å². The highest BCUT2D eigenvalue weighted by molar-refractivity contribution is 9.10. The SMILES string of the molecule is C[C@@H]1CNCCN1Cc1nnc(-c2ccccc2Br)o1. The summed E-state index contributed by atoms with van der Waals surface area (Å²) in [6.07, 6.45) is 0. The zero-order valence-corrected chi connectivity index (χ0v) is 12.9. The van der Waals surface area contributed by atoms with Crippen LogP contribution >= 0.6 is 15.9 Å². The molecule has 1 aliphatic heterocycles. The van der Waals surface area contributed by atoms with Gasteiger partial charge in [-0.1, -0.05) is 12.1 Å². The van der Waals surface area contributed by atoms with Crippen LogP contribution in [0.3, 0.4) is 0 Å². The lowest BCUT2D eigenvalue weighted by Crippen LogP contribution is -2.49. The molecule has 1 aliphatic rings. The second-order valence-corrected chi connectivity index (χ2v) is 5.86. The molecule has 1 atom stereocenters. The van der Waals surface area contributed by atoms with Gasteiger partial charge in [0.05, 0.1) is 12.1 Å². The fourth-order valence-electron chi connectivity index (χ4n) is 2.35. The number of benzene rings is 1. The summed E-state index contributed by atoms with van der Waals surface area (Å²) in [6, 6.07) is 8.35. The molecule has 0 unspecified atom stereocenters. The number of nitrogens with one attached hydrogen (secondary N) is 1. The van der Waals surface area contributed by atoms with Gasteiger partial charge in [-0.05, 0) is 35.0 Å². The van der Waals surface area contributed by atoms with Crippen molar-refractivity contribution in [1.82, 2.24) is 20.4 Å². The highest BCUT2D eigenvalue weighted by Crippen LogP contribution is 2.26. The first-order valence-electron chi connectivity index (χ1n) is 6.76. The number of rotatable bonds is 3. The molecule has 0 spiro atoms. The van der Waals surface area contributed by atoms with E-state index in [0.29, 0.717) is 24.4 Å². The number of piperazine rings is 1. The second-order valence-electron chi connectivity index (χ2n) is 5.00. The molecule has 0 radical (unpaired) electrons. The maximum Gasteiger partial charge on any atom is 0.248 e. The maximum atomic E-state index is 5.79. The van der Waals surface area contributed by atoms with E-state index in [1.54, 1.807) is 0 Å². The van der Waals surface area contributed by atoms with E-state index in [2.05, 4.69) is 43.3 Å². The summed E-state index contributed by atoms with van der Waals surface area (Å²) in [7, 11) is 0. The molecular weight excluding hydrogens is 320 g/mol. The van der Waals surface area contributed by atoms with Crippen LogP contribution in [0.1, 0.15) is 12.8 Å². The smallest absolute Gasteiger partial charge is 0.248 e. The largest absolute Gasteiger partial charge is 0.419 e. The van der Waals surface area contributed by atoms with Crippen molar-refractivity contribution in [2.45, 2.75) is 19.5 Å². The van der Waals surface area contributed by atoms with Crippen molar-refractivity contribution in [2.24, 2.45) is 0 Å². The van der Waals surface area contributed by atoms with Gasteiger partial charge in [-0.15, -0.1) is 10.2 Å². The molecule has 2 aromatic rings. The van der Waals surface area contributed by atoms with E-state index in [9.17, 15) is 0 Å². The maximum absolute atomic E-state index is 5.79. The van der Waals surface area contributed by atoms with Crippen LogP contribution in [-0.2, 0) is 6.54 Å². The van der Waals surface area contributed by atoms with Gasteiger partial charge in [-0.25, -0.2) is 0 Å². The fraction of sp³-hybridized carbons (Fsp3) is 0.429. The van der Waals surface area contributed by atoms with Crippen molar-refractivity contribution in [1.29, 1.82) is 0 Å². The normalized spacial score (nSPS) is 20.2. The van der Waals surface area contributed by atoms with Crippen molar-refractivity contribution >= 4 is 15.9 Å². The van der Waals surface area contributed by atoms with Gasteiger partial charge in [-0.2, -0.15) is 0 Å². The number of hydrogen-bond donors (Lipinski definition) is 1. The summed E-state index contributed by atoms with van der Waals surface area (Å²) in [4.78, 5) is 2.35. The van der Waals surface area contributed by atoms with E-state index in [4.69, 9.17) is 4.42 Å². The van der Waals surface area contributed by atoms with Crippen LogP contribution in [0.25, 0.3) is 11.5 Å². The Morgan fingerprint density at radius 3 is 3.05 bits per heavy atom. The average Bonchev–Trinajstić information content (AvgIpc) is 2.90. The summed E-state index contributed by atoms with van der Waals surface area (Å²) < 4.78 is 6.75. The molecule has 1 aromatic carbocycles. The number of halogens is 1.